The molecule has 0 aromatic heterocycles. The maximum atomic E-state index is 13.9. The number of phenolic OH excluding ortho intramolecular Hbond substituents is 1. The Labute approximate surface area is 213 Å². The van der Waals surface area contributed by atoms with Crippen molar-refractivity contribution in [1.82, 2.24) is 4.90 Å². The van der Waals surface area contributed by atoms with Gasteiger partial charge in [-0.05, 0) is 62.5 Å². The number of hydrogen-bond donors (Lipinski definition) is 5. The van der Waals surface area contributed by atoms with E-state index in [0.29, 0.717) is 5.56 Å². The highest BCUT2D eigenvalue weighted by Crippen LogP contribution is 2.53. The average Bonchev–Trinajstić information content (AvgIpc) is 2.82. The van der Waals surface area contributed by atoms with Crippen molar-refractivity contribution < 1.29 is 34.8 Å². The Kier molecular flexibility index (Phi) is 5.54. The summed E-state index contributed by atoms with van der Waals surface area (Å²) >= 11 is 0. The maximum Gasteiger partial charge on any atom is 0.255 e. The molecule has 9 nitrogen and oxygen atoms in total. The molecule has 1 amide bonds. The van der Waals surface area contributed by atoms with Crippen LogP contribution in [0.15, 0.2) is 53.3 Å². The first-order chi connectivity index (χ1) is 17.4. The molecule has 0 bridgehead atoms. The van der Waals surface area contributed by atoms with E-state index in [9.17, 15) is 34.8 Å². The Morgan fingerprint density at radius 1 is 1.05 bits per heavy atom. The van der Waals surface area contributed by atoms with E-state index in [1.54, 1.807) is 20.2 Å². The van der Waals surface area contributed by atoms with Gasteiger partial charge in [0.1, 0.15) is 22.8 Å². The van der Waals surface area contributed by atoms with Crippen LogP contribution in [0.25, 0.3) is 16.9 Å². The second-order valence-corrected chi connectivity index (χ2v) is 10.3. The summed E-state index contributed by atoms with van der Waals surface area (Å²) in [6.45, 7) is 1.96. The molecule has 3 aliphatic rings. The van der Waals surface area contributed by atoms with Crippen LogP contribution in [0.3, 0.4) is 0 Å². The molecule has 5 rings (SSSR count). The fourth-order valence-electron chi connectivity index (χ4n) is 6.25. The van der Waals surface area contributed by atoms with Gasteiger partial charge in [-0.3, -0.25) is 19.3 Å². The molecule has 1 saturated carbocycles. The zero-order valence-corrected chi connectivity index (χ0v) is 20.6. The van der Waals surface area contributed by atoms with Gasteiger partial charge in [-0.25, -0.2) is 0 Å². The van der Waals surface area contributed by atoms with E-state index in [-0.39, 0.29) is 29.7 Å². The quantitative estimate of drug-likeness (QED) is 0.396. The molecule has 3 aliphatic carbocycles. The number of nitrogens with two attached hydrogens (primary N) is 1. The van der Waals surface area contributed by atoms with Gasteiger partial charge in [-0.15, -0.1) is 0 Å². The minimum Gasteiger partial charge on any atom is -0.508 e. The fourth-order valence-corrected chi connectivity index (χ4v) is 6.25. The number of fused-ring (bicyclic) bond motifs is 3. The van der Waals surface area contributed by atoms with Gasteiger partial charge < -0.3 is 26.2 Å². The molecular formula is C28H28N2O7. The first-order valence-electron chi connectivity index (χ1n) is 12.0. The number of likely N-dealkylation sites (N-methyl/N-ethyl adjacent to an activating group) is 1. The zero-order chi connectivity index (χ0) is 27.0. The highest BCUT2D eigenvalue weighted by Gasteiger charge is 2.64. The maximum absolute atomic E-state index is 13.9. The predicted molar refractivity (Wildman–Crippen MR) is 134 cm³/mol. The summed E-state index contributed by atoms with van der Waals surface area (Å²) in [5, 5.41) is 44.6. The molecule has 1 fully saturated rings. The Morgan fingerprint density at radius 3 is 2.30 bits per heavy atom. The van der Waals surface area contributed by atoms with Gasteiger partial charge in [0.2, 0.25) is 5.78 Å². The van der Waals surface area contributed by atoms with Crippen LogP contribution in [-0.4, -0.2) is 68.5 Å². The molecule has 192 valence electrons. The van der Waals surface area contributed by atoms with Gasteiger partial charge in [0.05, 0.1) is 11.6 Å². The minimum absolute atomic E-state index is 0.0504. The van der Waals surface area contributed by atoms with Crippen molar-refractivity contribution in [3.63, 3.8) is 0 Å². The summed E-state index contributed by atoms with van der Waals surface area (Å²) < 4.78 is 0. The van der Waals surface area contributed by atoms with E-state index in [2.05, 4.69) is 0 Å². The van der Waals surface area contributed by atoms with Gasteiger partial charge in [-0.1, -0.05) is 35.9 Å². The van der Waals surface area contributed by atoms with Gasteiger partial charge in [0.15, 0.2) is 11.4 Å². The van der Waals surface area contributed by atoms with Crippen molar-refractivity contribution in [1.29, 1.82) is 0 Å². The van der Waals surface area contributed by atoms with E-state index in [4.69, 9.17) is 5.73 Å². The molecule has 2 aromatic carbocycles. The third-order valence-corrected chi connectivity index (χ3v) is 7.97. The van der Waals surface area contributed by atoms with Crippen molar-refractivity contribution in [2.75, 3.05) is 14.1 Å². The van der Waals surface area contributed by atoms with Crippen molar-refractivity contribution >= 4 is 23.2 Å². The molecular weight excluding hydrogens is 476 g/mol. The summed E-state index contributed by atoms with van der Waals surface area (Å²) in [4.78, 5) is 40.6. The summed E-state index contributed by atoms with van der Waals surface area (Å²) in [7, 11) is 3.14. The number of amides is 1. The van der Waals surface area contributed by atoms with Crippen LogP contribution in [0.1, 0.15) is 23.1 Å². The lowest BCUT2D eigenvalue weighted by Crippen LogP contribution is -2.65. The third kappa shape index (κ3) is 3.34. The molecule has 9 heteroatoms. The van der Waals surface area contributed by atoms with E-state index < -0.39 is 58.0 Å². The highest BCUT2D eigenvalue weighted by atomic mass is 16.3. The molecule has 0 radical (unpaired) electrons. The van der Waals surface area contributed by atoms with Gasteiger partial charge in [-0.2, -0.15) is 0 Å². The van der Waals surface area contributed by atoms with E-state index in [1.165, 1.54) is 11.0 Å². The van der Waals surface area contributed by atoms with Crippen molar-refractivity contribution in [2.45, 2.75) is 31.4 Å². The number of nitrogens with zero attached hydrogens (tertiary/aromatic N) is 1. The monoisotopic (exact) mass is 504 g/mol. The Hall–Kier alpha value is -3.95. The molecule has 0 heterocycles. The number of hydrogen-bond acceptors (Lipinski definition) is 8. The van der Waals surface area contributed by atoms with Gasteiger partial charge >= 0.3 is 0 Å². The summed E-state index contributed by atoms with van der Waals surface area (Å²) in [6.07, 6.45) is 0.293. The standard InChI is InChI=1S/C28H28N2O7/c1-12-4-6-13(7-5-12)15-8-9-18(31)20-16(15)10-14-11-17-22(30(2)3)24(33)21(27(29)36)26(35)28(17,37)25(34)19(14)23(20)32/h4-9,14,17,22,31-32,35,37H,10-11H2,1-3H3,(H2,29,36)/t14?,17?,22-,28-/m0/s1. The molecule has 2 aromatic rings. The lowest BCUT2D eigenvalue weighted by molar-refractivity contribution is -0.153. The predicted octanol–water partition coefficient (Wildman–Crippen LogP) is 1.94. The second-order valence-electron chi connectivity index (χ2n) is 10.3. The SMILES string of the molecule is Cc1ccc(-c2ccc(O)c3c2CC2CC4[C@H](N(C)C)C(=O)C(C(N)=O)=C(O)[C@@]4(O)C(=O)C2=C3O)cc1. The number of primary amides is 1. The van der Waals surface area contributed by atoms with Crippen molar-refractivity contribution in [3.05, 3.63) is 70.0 Å². The number of Topliss-reactive ketones (excluding diaryl/α,β-unsaturated/α-hetero) is 2. The molecule has 2 unspecified atom stereocenters. The Balaban J connectivity index is 1.74. The van der Waals surface area contributed by atoms with E-state index >= 15 is 0 Å². The Morgan fingerprint density at radius 2 is 1.70 bits per heavy atom. The normalized spacial score (nSPS) is 27.2. The van der Waals surface area contributed by atoms with Crippen LogP contribution < -0.4 is 5.73 Å². The summed E-state index contributed by atoms with van der Waals surface area (Å²) in [6, 6.07) is 9.82. The minimum atomic E-state index is -2.64. The number of benzene rings is 2. The topological polar surface area (TPSA) is 161 Å². The lowest BCUT2D eigenvalue weighted by Gasteiger charge is -2.50. The van der Waals surface area contributed by atoms with Crippen LogP contribution in [-0.2, 0) is 20.8 Å². The third-order valence-electron chi connectivity index (χ3n) is 7.97. The second kappa shape index (κ2) is 8.29. The molecule has 6 N–H and O–H groups in total. The first kappa shape index (κ1) is 24.7. The van der Waals surface area contributed by atoms with Crippen molar-refractivity contribution in [3.8, 4) is 16.9 Å². The number of carbonyl (C=O) groups excluding carboxylic acids is 3. The van der Waals surface area contributed by atoms with Crippen LogP contribution >= 0.6 is 0 Å². The number of rotatable bonds is 3. The fraction of sp³-hybridized carbons (Fsp3) is 0.321. The summed E-state index contributed by atoms with van der Waals surface area (Å²) in [5.74, 6) is -6.61. The number of aromatic hydroxyl groups is 1. The van der Waals surface area contributed by atoms with E-state index in [1.807, 2.05) is 31.2 Å². The largest absolute Gasteiger partial charge is 0.508 e. The highest BCUT2D eigenvalue weighted by molar-refractivity contribution is 6.24. The summed E-state index contributed by atoms with van der Waals surface area (Å²) in [5.41, 5.74) is 5.13. The van der Waals surface area contributed by atoms with E-state index in [0.717, 1.165) is 16.7 Å². The molecule has 0 aliphatic heterocycles. The van der Waals surface area contributed by atoms with Gasteiger partial charge in [0.25, 0.3) is 5.91 Å². The van der Waals surface area contributed by atoms with Crippen LogP contribution in [0.5, 0.6) is 5.75 Å². The molecule has 4 atom stereocenters. The number of ketones is 2. The number of phenols is 1. The molecule has 0 saturated heterocycles. The number of aliphatic hydroxyl groups is 3. The number of aliphatic hydroxyl groups excluding tert-OH is 2. The Bertz CT molecular complexity index is 1440. The van der Waals surface area contributed by atoms with Crippen LogP contribution in [0.2, 0.25) is 0 Å². The smallest absolute Gasteiger partial charge is 0.255 e. The first-order valence-corrected chi connectivity index (χ1v) is 12.0. The van der Waals surface area contributed by atoms with Crippen LogP contribution in [0.4, 0.5) is 0 Å². The zero-order valence-electron chi connectivity index (χ0n) is 20.6. The lowest BCUT2D eigenvalue weighted by atomic mass is 9.57. The number of carbonyl (C=O) groups is 3. The van der Waals surface area contributed by atoms with Crippen molar-refractivity contribution in [2.24, 2.45) is 17.6 Å². The van der Waals surface area contributed by atoms with Gasteiger partial charge in [0, 0.05) is 11.5 Å². The molecule has 37 heavy (non-hydrogen) atoms. The molecule has 0 spiro atoms. The average molecular weight is 505 g/mol. The van der Waals surface area contributed by atoms with Crippen LogP contribution in [0, 0.1) is 18.8 Å². The number of aryl methyl sites for hydroxylation is 1.